The number of rotatable bonds is 4. The van der Waals surface area contributed by atoms with Crippen molar-refractivity contribution >= 4 is 15.7 Å². The van der Waals surface area contributed by atoms with E-state index in [9.17, 15) is 4.79 Å². The maximum atomic E-state index is 10.8. The molecular weight excluding hydrogens is 228 g/mol. The van der Waals surface area contributed by atoms with Crippen molar-refractivity contribution in [3.05, 3.63) is 23.4 Å². The lowest BCUT2D eigenvalue weighted by atomic mass is 10.0. The molecule has 0 heterocycles. The fraction of sp³-hybridized carbons (Fsp3) is 0.643. The lowest BCUT2D eigenvalue weighted by Crippen LogP contribution is -2.09. The Morgan fingerprint density at radius 3 is 1.82 bits per heavy atom. The molecule has 0 saturated heterocycles. The second-order valence-corrected chi connectivity index (χ2v) is 6.67. The van der Waals surface area contributed by atoms with Crippen LogP contribution in [0.4, 0.5) is 0 Å². The van der Waals surface area contributed by atoms with Crippen LogP contribution in [0.2, 0.25) is 0 Å². The fourth-order valence-electron chi connectivity index (χ4n) is 0.386. The summed E-state index contributed by atoms with van der Waals surface area (Å²) >= 11 is 0. The molecule has 0 aromatic carbocycles. The standard InChI is InChI=1S/C8H14O2Si.C6H14/c1-5-7(4)11-10-8(9)6(2)3;1-5(2)6(3)4/h5H,2,11H2,1,3-4H3;5-6H,1-4H3/b7-5-;. The van der Waals surface area contributed by atoms with Gasteiger partial charge in [0.2, 0.25) is 0 Å². The summed E-state index contributed by atoms with van der Waals surface area (Å²) < 4.78 is 4.99. The molecular formula is C14H28O2Si. The van der Waals surface area contributed by atoms with Gasteiger partial charge in [-0.3, -0.25) is 0 Å². The molecule has 0 rings (SSSR count). The van der Waals surface area contributed by atoms with Gasteiger partial charge in [0.25, 0.3) is 9.76 Å². The minimum atomic E-state index is -0.804. The zero-order valence-electron chi connectivity index (χ0n) is 12.5. The average Bonchev–Trinajstić information content (AvgIpc) is 2.25. The summed E-state index contributed by atoms with van der Waals surface area (Å²) in [5.74, 6) is 1.44. The molecule has 2 nitrogen and oxygen atoms in total. The van der Waals surface area contributed by atoms with E-state index in [4.69, 9.17) is 4.43 Å². The van der Waals surface area contributed by atoms with E-state index >= 15 is 0 Å². The van der Waals surface area contributed by atoms with Crippen LogP contribution in [0.5, 0.6) is 0 Å². The number of hydrogen-bond donors (Lipinski definition) is 0. The molecule has 0 saturated carbocycles. The van der Waals surface area contributed by atoms with Crippen molar-refractivity contribution in [2.75, 3.05) is 0 Å². The Morgan fingerprint density at radius 1 is 1.18 bits per heavy atom. The van der Waals surface area contributed by atoms with Gasteiger partial charge < -0.3 is 4.43 Å². The van der Waals surface area contributed by atoms with Gasteiger partial charge in [-0.15, -0.1) is 0 Å². The lowest BCUT2D eigenvalue weighted by Gasteiger charge is -2.05. The number of carbonyl (C=O) groups excluding carboxylic acids is 1. The van der Waals surface area contributed by atoms with Crippen molar-refractivity contribution in [3.63, 3.8) is 0 Å². The molecule has 0 spiro atoms. The van der Waals surface area contributed by atoms with Gasteiger partial charge in [0.05, 0.1) is 0 Å². The van der Waals surface area contributed by atoms with Crippen LogP contribution in [0.15, 0.2) is 23.4 Å². The molecule has 0 aliphatic rings. The van der Waals surface area contributed by atoms with E-state index in [-0.39, 0.29) is 5.97 Å². The molecule has 0 aliphatic heterocycles. The van der Waals surface area contributed by atoms with Crippen molar-refractivity contribution in [1.29, 1.82) is 0 Å². The van der Waals surface area contributed by atoms with E-state index in [1.807, 2.05) is 19.9 Å². The van der Waals surface area contributed by atoms with Gasteiger partial charge in [-0.05, 0) is 32.6 Å². The first kappa shape index (κ1) is 18.5. The molecule has 0 aromatic rings. The highest BCUT2D eigenvalue weighted by Gasteiger charge is 2.01. The summed E-state index contributed by atoms with van der Waals surface area (Å²) in [4.78, 5) is 10.8. The largest absolute Gasteiger partial charge is 0.518 e. The molecule has 0 amide bonds. The first-order chi connectivity index (χ1) is 7.72. The third kappa shape index (κ3) is 13.1. The van der Waals surface area contributed by atoms with Crippen molar-refractivity contribution in [2.45, 2.75) is 48.5 Å². The summed E-state index contributed by atoms with van der Waals surface area (Å²) in [5, 5.41) is 1.18. The second-order valence-electron chi connectivity index (χ2n) is 4.98. The maximum Gasteiger partial charge on any atom is 0.319 e. The van der Waals surface area contributed by atoms with Crippen molar-refractivity contribution in [2.24, 2.45) is 11.8 Å². The monoisotopic (exact) mass is 256 g/mol. The number of hydrogen-bond acceptors (Lipinski definition) is 2. The van der Waals surface area contributed by atoms with Gasteiger partial charge in [-0.25, -0.2) is 4.79 Å². The number of carbonyl (C=O) groups is 1. The van der Waals surface area contributed by atoms with E-state index in [0.717, 1.165) is 11.8 Å². The second kappa shape index (κ2) is 10.3. The van der Waals surface area contributed by atoms with Crippen molar-refractivity contribution < 1.29 is 9.22 Å². The zero-order valence-corrected chi connectivity index (χ0v) is 13.9. The Morgan fingerprint density at radius 2 is 1.59 bits per heavy atom. The van der Waals surface area contributed by atoms with Gasteiger partial charge in [-0.1, -0.05) is 45.5 Å². The maximum absolute atomic E-state index is 10.8. The highest BCUT2D eigenvalue weighted by atomic mass is 28.2. The average molecular weight is 256 g/mol. The third-order valence-corrected chi connectivity index (χ3v) is 3.88. The summed E-state index contributed by atoms with van der Waals surface area (Å²) in [6.07, 6.45) is 1.97. The van der Waals surface area contributed by atoms with Crippen LogP contribution in [-0.4, -0.2) is 15.7 Å². The predicted octanol–water partition coefficient (Wildman–Crippen LogP) is 3.41. The summed E-state index contributed by atoms with van der Waals surface area (Å²) in [7, 11) is -0.804. The van der Waals surface area contributed by atoms with Crippen LogP contribution in [0, 0.1) is 11.8 Å². The molecule has 17 heavy (non-hydrogen) atoms. The third-order valence-electron chi connectivity index (χ3n) is 2.61. The Labute approximate surface area is 109 Å². The number of allylic oxidation sites excluding steroid dienone is 2. The highest BCUT2D eigenvalue weighted by molar-refractivity contribution is 6.40. The molecule has 3 heteroatoms. The minimum Gasteiger partial charge on any atom is -0.518 e. The Kier molecular flexibility index (Phi) is 11.3. The summed E-state index contributed by atoms with van der Waals surface area (Å²) in [5.41, 5.74) is 0.474. The summed E-state index contributed by atoms with van der Waals surface area (Å²) in [6.45, 7) is 18.0. The molecule has 0 radical (unpaired) electrons. The van der Waals surface area contributed by atoms with Gasteiger partial charge >= 0.3 is 5.97 Å². The lowest BCUT2D eigenvalue weighted by molar-refractivity contribution is -0.129. The SMILES string of the molecule is C=C(C)C(=O)O[SiH2]/C(C)=C\C.CC(C)C(C)C. The molecule has 0 bridgehead atoms. The topological polar surface area (TPSA) is 26.3 Å². The molecule has 100 valence electrons. The van der Waals surface area contributed by atoms with Crippen LogP contribution >= 0.6 is 0 Å². The Balaban J connectivity index is 0. The van der Waals surface area contributed by atoms with Crippen LogP contribution < -0.4 is 0 Å². The highest BCUT2D eigenvalue weighted by Crippen LogP contribution is 2.05. The first-order valence-corrected chi connectivity index (χ1v) is 7.45. The van der Waals surface area contributed by atoms with E-state index in [0.29, 0.717) is 5.57 Å². The zero-order chi connectivity index (χ0) is 14.0. The molecule has 0 aliphatic carbocycles. The van der Waals surface area contributed by atoms with Crippen LogP contribution in [-0.2, 0) is 9.22 Å². The smallest absolute Gasteiger partial charge is 0.319 e. The Bertz CT molecular complexity index is 259. The van der Waals surface area contributed by atoms with E-state index in [1.54, 1.807) is 6.92 Å². The van der Waals surface area contributed by atoms with E-state index in [1.165, 1.54) is 5.20 Å². The minimum absolute atomic E-state index is 0.266. The van der Waals surface area contributed by atoms with Crippen molar-refractivity contribution in [3.8, 4) is 0 Å². The van der Waals surface area contributed by atoms with Crippen molar-refractivity contribution in [1.82, 2.24) is 0 Å². The van der Waals surface area contributed by atoms with Gasteiger partial charge in [0.1, 0.15) is 0 Å². The van der Waals surface area contributed by atoms with Crippen LogP contribution in [0.25, 0.3) is 0 Å². The Hall–Kier alpha value is -0.833. The summed E-state index contributed by atoms with van der Waals surface area (Å²) in [6, 6.07) is 0. The fourth-order valence-corrected chi connectivity index (χ4v) is 1.16. The van der Waals surface area contributed by atoms with Gasteiger partial charge in [-0.2, -0.15) is 0 Å². The molecule has 0 atom stereocenters. The van der Waals surface area contributed by atoms with E-state index < -0.39 is 9.76 Å². The van der Waals surface area contributed by atoms with Crippen LogP contribution in [0.3, 0.4) is 0 Å². The van der Waals surface area contributed by atoms with Gasteiger partial charge in [0, 0.05) is 5.57 Å². The molecule has 0 aromatic heterocycles. The van der Waals surface area contributed by atoms with E-state index in [2.05, 4.69) is 34.3 Å². The normalized spacial score (nSPS) is 11.7. The van der Waals surface area contributed by atoms with Crippen LogP contribution in [0.1, 0.15) is 48.5 Å². The predicted molar refractivity (Wildman–Crippen MR) is 78.6 cm³/mol. The molecule has 0 fully saturated rings. The molecule has 0 unspecified atom stereocenters. The first-order valence-electron chi connectivity index (χ1n) is 6.16. The van der Waals surface area contributed by atoms with Gasteiger partial charge in [0.15, 0.2) is 0 Å². The molecule has 0 N–H and O–H groups in total. The quantitative estimate of drug-likeness (QED) is 0.569.